The second-order valence-corrected chi connectivity index (χ2v) is 25.2. The lowest BCUT2D eigenvalue weighted by atomic mass is 9.99. The van der Waals surface area contributed by atoms with Gasteiger partial charge in [-0.15, -0.1) is 0 Å². The molecule has 3 atom stereocenters. The van der Waals surface area contributed by atoms with Crippen LogP contribution in [0.3, 0.4) is 0 Å². The average Bonchev–Trinajstić information content (AvgIpc) is 1.55. The Bertz CT molecular complexity index is 4020. The minimum Gasteiger partial charge on any atom is -0.493 e. The lowest BCUT2D eigenvalue weighted by molar-refractivity contribution is -0.00318. The number of hydrogen-bond acceptors (Lipinski definition) is 15. The van der Waals surface area contributed by atoms with Gasteiger partial charge in [-0.2, -0.15) is 15.3 Å². The molecule has 9 aromatic rings. The summed E-state index contributed by atoms with van der Waals surface area (Å²) < 4.78 is 68.1. The highest BCUT2D eigenvalue weighted by Gasteiger charge is 2.33. The van der Waals surface area contributed by atoms with Gasteiger partial charge in [0, 0.05) is 56.0 Å². The van der Waals surface area contributed by atoms with Crippen molar-refractivity contribution in [1.82, 2.24) is 42.5 Å². The molecule has 93 heavy (non-hydrogen) atoms. The Labute approximate surface area is 531 Å². The molecule has 3 aliphatic rings. The van der Waals surface area contributed by atoms with Crippen LogP contribution in [-0.4, -0.2) is 132 Å². The van der Waals surface area contributed by atoms with Gasteiger partial charge in [-0.3, -0.25) is 28.8 Å². The van der Waals surface area contributed by atoms with Gasteiger partial charge >= 0.3 is 0 Å². The van der Waals surface area contributed by atoms with Gasteiger partial charge in [0.2, 0.25) is 0 Å². The molecule has 6 N–H and O–H groups in total. The van der Waals surface area contributed by atoms with Gasteiger partial charge in [0.15, 0.2) is 17.2 Å². The Morgan fingerprint density at radius 3 is 0.935 bits per heavy atom. The molecule has 9 aromatic heterocycles. The first kappa shape index (κ1) is 66.3. The molecule has 0 spiro atoms. The molecule has 0 saturated heterocycles. The van der Waals surface area contributed by atoms with E-state index in [1.54, 1.807) is 105 Å². The zero-order valence-electron chi connectivity index (χ0n) is 52.9. The Morgan fingerprint density at radius 1 is 0.473 bits per heavy atom. The number of fused-ring (bicyclic) bond motifs is 3. The summed E-state index contributed by atoms with van der Waals surface area (Å²) in [6, 6.07) is 20.0. The number of methoxy groups -OCH3 is 3. The summed E-state index contributed by atoms with van der Waals surface area (Å²) in [5, 5.41) is 50.7. The van der Waals surface area contributed by atoms with E-state index in [9.17, 15) is 57.3 Å². The van der Waals surface area contributed by atoms with Gasteiger partial charge in [0.05, 0.1) is 107 Å². The van der Waals surface area contributed by atoms with E-state index in [-0.39, 0.29) is 70.8 Å². The number of amides is 3. The number of aliphatic hydroxyl groups is 3. The third kappa shape index (κ3) is 15.5. The third-order valence-corrected chi connectivity index (χ3v) is 16.2. The molecule has 492 valence electrons. The van der Waals surface area contributed by atoms with Crippen LogP contribution in [0.2, 0.25) is 0 Å². The van der Waals surface area contributed by atoms with E-state index in [1.165, 1.54) is 94.6 Å². The summed E-state index contributed by atoms with van der Waals surface area (Å²) in [7, 11) is 4.36. The number of pyridine rings is 6. The monoisotopic (exact) mass is 1280 g/mol. The molecule has 3 amide bonds. The topological polar surface area (TPSA) is 294 Å². The molecule has 9 heterocycles. The van der Waals surface area contributed by atoms with Crippen molar-refractivity contribution < 1.29 is 57.1 Å². The molecule has 0 bridgehead atoms. The molecule has 12 rings (SSSR count). The zero-order valence-corrected chi connectivity index (χ0v) is 52.9. The summed E-state index contributed by atoms with van der Waals surface area (Å²) >= 11 is 0. The van der Waals surface area contributed by atoms with Gasteiger partial charge < -0.3 is 59.2 Å². The maximum Gasteiger partial charge on any atom is 0.263 e. The van der Waals surface area contributed by atoms with E-state index in [4.69, 9.17) is 14.2 Å². The van der Waals surface area contributed by atoms with Crippen molar-refractivity contribution in [3.63, 3.8) is 0 Å². The van der Waals surface area contributed by atoms with Gasteiger partial charge in [-0.05, 0) is 153 Å². The van der Waals surface area contributed by atoms with Crippen LogP contribution in [-0.2, 0) is 19.3 Å². The summed E-state index contributed by atoms with van der Waals surface area (Å²) in [6.07, 6.45) is 10.8. The maximum absolute atomic E-state index is 14.2. The highest BCUT2D eigenvalue weighted by molar-refractivity contribution is 6.06. The molecule has 3 saturated carbocycles. The molecule has 3 unspecified atom stereocenters. The normalized spacial score (nSPS) is 15.1. The fourth-order valence-electron chi connectivity index (χ4n) is 10.1. The number of rotatable bonds is 21. The van der Waals surface area contributed by atoms with Crippen LogP contribution in [0.25, 0.3) is 16.6 Å². The second kappa shape index (κ2) is 26.6. The first-order valence-electron chi connectivity index (χ1n) is 30.4. The predicted octanol–water partition coefficient (Wildman–Crippen LogP) is 8.23. The van der Waals surface area contributed by atoms with Crippen LogP contribution in [0.1, 0.15) is 146 Å². The van der Waals surface area contributed by atoms with Gasteiger partial charge in [-0.1, -0.05) is 0 Å². The summed E-state index contributed by atoms with van der Waals surface area (Å²) in [5.74, 6) is -0.579. The number of carbonyl (C=O) groups is 3. The number of halogens is 3. The quantitative estimate of drug-likeness (QED) is 0.0395. The molecule has 24 nitrogen and oxygen atoms in total. The van der Waals surface area contributed by atoms with Crippen LogP contribution in [0.5, 0.6) is 17.2 Å². The van der Waals surface area contributed by atoms with Crippen LogP contribution in [0.15, 0.2) is 124 Å². The van der Waals surface area contributed by atoms with Crippen molar-refractivity contribution in [3.8, 4) is 17.2 Å². The first-order valence-corrected chi connectivity index (χ1v) is 30.4. The van der Waals surface area contributed by atoms with Crippen LogP contribution in [0, 0.1) is 0 Å². The van der Waals surface area contributed by atoms with Crippen molar-refractivity contribution in [3.05, 3.63) is 175 Å². The Balaban J connectivity index is 0.000000153. The van der Waals surface area contributed by atoms with Gasteiger partial charge in [-0.25, -0.2) is 26.7 Å². The lowest BCUT2D eigenvalue weighted by Gasteiger charge is -2.21. The van der Waals surface area contributed by atoms with Crippen LogP contribution >= 0.6 is 0 Å². The van der Waals surface area contributed by atoms with Crippen molar-refractivity contribution in [2.45, 2.75) is 153 Å². The first-order chi connectivity index (χ1) is 44.0. The number of nitrogens with one attached hydrogen (secondary N) is 3. The van der Waals surface area contributed by atoms with Crippen molar-refractivity contribution in [2.24, 2.45) is 0 Å². The minimum atomic E-state index is -1.48. The van der Waals surface area contributed by atoms with Crippen LogP contribution < -0.4 is 46.8 Å². The van der Waals surface area contributed by atoms with E-state index in [1.807, 2.05) is 0 Å². The van der Waals surface area contributed by atoms with E-state index in [0.717, 1.165) is 38.5 Å². The highest BCUT2D eigenvalue weighted by atomic mass is 19.1. The van der Waals surface area contributed by atoms with E-state index < -0.39 is 53.0 Å². The Hall–Kier alpha value is -9.60. The van der Waals surface area contributed by atoms with Crippen LogP contribution in [0.4, 0.5) is 30.2 Å². The fourth-order valence-corrected chi connectivity index (χ4v) is 10.1. The average molecular weight is 1290 g/mol. The summed E-state index contributed by atoms with van der Waals surface area (Å²) in [6.45, 7) is 8.45. The molecular formula is C66H75F3N12O12. The van der Waals surface area contributed by atoms with Crippen molar-refractivity contribution in [2.75, 3.05) is 37.3 Å². The van der Waals surface area contributed by atoms with Crippen molar-refractivity contribution in [1.29, 1.82) is 0 Å². The maximum atomic E-state index is 14.2. The molecule has 3 aliphatic carbocycles. The standard InChI is InChI=1S/3C22H25FN4O4/c3*1-22(2,30)19(23)10-13-9-15-11-17(18(31-3)12-27(15)25-13)24-20(28)16-5-4-8-26(21(16)29)14-6-7-14/h3*4-5,8-9,11-12,14,19,30H,6-7,10H2,1-3H3,(H,24,28). The second-order valence-electron chi connectivity index (χ2n) is 25.2. The number of hydrogen-bond donors (Lipinski definition) is 6. The summed E-state index contributed by atoms with van der Waals surface area (Å²) in [5.41, 5.74) is -0.955. The lowest BCUT2D eigenvalue weighted by Crippen LogP contribution is -2.34. The highest BCUT2D eigenvalue weighted by Crippen LogP contribution is 2.36. The number of ether oxygens (including phenoxy) is 3. The molecule has 0 aliphatic heterocycles. The molecular weight excluding hydrogens is 1210 g/mol. The van der Waals surface area contributed by atoms with E-state index in [0.29, 0.717) is 67.9 Å². The summed E-state index contributed by atoms with van der Waals surface area (Å²) in [4.78, 5) is 76.4. The van der Waals surface area contributed by atoms with Gasteiger partial charge in [0.25, 0.3) is 34.4 Å². The molecule has 27 heteroatoms. The number of nitrogens with zero attached hydrogens (tertiary/aromatic N) is 9. The third-order valence-electron chi connectivity index (χ3n) is 16.2. The predicted molar refractivity (Wildman–Crippen MR) is 341 cm³/mol. The molecule has 3 fully saturated rings. The zero-order chi connectivity index (χ0) is 67.0. The largest absolute Gasteiger partial charge is 0.493 e. The number of anilines is 3. The Morgan fingerprint density at radius 2 is 0.720 bits per heavy atom. The number of carbonyl (C=O) groups excluding carboxylic acids is 3. The SMILES string of the molecule is COc1cn2nc(CC(F)C(C)(C)O)cc2cc1NC(=O)c1cccn(C2CC2)c1=O.COc1cn2nc(CC(F)C(C)(C)O)cc2cc1NC(=O)c1cccn(C2CC2)c1=O.COc1cn2nc(CC(F)C(C)(C)O)cc2cc1NC(=O)c1cccn(C2CC2)c1=O. The number of alkyl halides is 3. The number of aromatic nitrogens is 9. The van der Waals surface area contributed by atoms with Crippen molar-refractivity contribution >= 4 is 51.3 Å². The molecule has 0 aromatic carbocycles. The van der Waals surface area contributed by atoms with E-state index >= 15 is 0 Å². The minimum absolute atomic E-state index is 0.0518. The Kier molecular flexibility index (Phi) is 18.9. The van der Waals surface area contributed by atoms with Gasteiger partial charge in [0.1, 0.15) is 35.2 Å². The fraction of sp³-hybridized carbons (Fsp3) is 0.409. The smallest absolute Gasteiger partial charge is 0.263 e. The molecule has 0 radical (unpaired) electrons. The van der Waals surface area contributed by atoms with E-state index in [2.05, 4.69) is 31.2 Å².